The molecule has 0 spiro atoms. The highest BCUT2D eigenvalue weighted by molar-refractivity contribution is 8.05. The van der Waals surface area contributed by atoms with Gasteiger partial charge in [0.25, 0.3) is 5.91 Å². The van der Waals surface area contributed by atoms with E-state index in [9.17, 15) is 14.9 Å². The predicted octanol–water partition coefficient (Wildman–Crippen LogP) is 7.37. The standard InChI is InChI=1S/C25H15Cl4N3O2S/c26-15-9-10-20(19(28)12-15)31-23(33)17(13-30)25-32(16-6-2-1-3-7-16)24(34)21(35-25)11-14-5-4-8-18(27)22(14)29/h1-10,12,21H,11H2,(H,31,33)/b25-17-. The van der Waals surface area contributed by atoms with E-state index in [1.807, 2.05) is 12.1 Å². The number of benzene rings is 3. The summed E-state index contributed by atoms with van der Waals surface area (Å²) >= 11 is 25.7. The van der Waals surface area contributed by atoms with E-state index in [1.165, 1.54) is 17.0 Å². The Morgan fingerprint density at radius 1 is 1.00 bits per heavy atom. The number of carbonyl (C=O) groups is 2. The van der Waals surface area contributed by atoms with Crippen LogP contribution in [0, 0.1) is 11.3 Å². The molecule has 1 saturated heterocycles. The first kappa shape index (κ1) is 25.4. The van der Waals surface area contributed by atoms with Gasteiger partial charge in [0.05, 0.1) is 26.0 Å². The van der Waals surface area contributed by atoms with E-state index in [1.54, 1.807) is 48.5 Å². The smallest absolute Gasteiger partial charge is 0.269 e. The third-order valence-corrected chi connectivity index (χ3v) is 7.80. The Hall–Kier alpha value is -2.66. The van der Waals surface area contributed by atoms with Gasteiger partial charge in [-0.15, -0.1) is 0 Å². The maximum absolute atomic E-state index is 13.5. The summed E-state index contributed by atoms with van der Waals surface area (Å²) in [6, 6.07) is 20.6. The van der Waals surface area contributed by atoms with Crippen molar-refractivity contribution in [2.45, 2.75) is 11.7 Å². The maximum atomic E-state index is 13.5. The van der Waals surface area contributed by atoms with E-state index in [0.29, 0.717) is 26.3 Å². The van der Waals surface area contributed by atoms with E-state index in [-0.39, 0.29) is 33.6 Å². The lowest BCUT2D eigenvalue weighted by Crippen LogP contribution is -2.31. The van der Waals surface area contributed by atoms with Crippen LogP contribution in [-0.4, -0.2) is 17.1 Å². The average Bonchev–Trinajstić information content (AvgIpc) is 3.15. The molecule has 5 nitrogen and oxygen atoms in total. The van der Waals surface area contributed by atoms with Crippen molar-refractivity contribution in [2.75, 3.05) is 10.2 Å². The van der Waals surface area contributed by atoms with Gasteiger partial charge < -0.3 is 5.32 Å². The van der Waals surface area contributed by atoms with E-state index in [2.05, 4.69) is 5.32 Å². The molecular formula is C25H15Cl4N3O2S. The van der Waals surface area contributed by atoms with E-state index in [0.717, 1.165) is 11.8 Å². The van der Waals surface area contributed by atoms with Gasteiger partial charge in [0.2, 0.25) is 5.91 Å². The number of hydrogen-bond donors (Lipinski definition) is 1. The molecule has 2 amide bonds. The molecule has 1 N–H and O–H groups in total. The first-order chi connectivity index (χ1) is 16.8. The van der Waals surface area contributed by atoms with Crippen LogP contribution in [0.5, 0.6) is 0 Å². The molecule has 0 radical (unpaired) electrons. The molecule has 0 bridgehead atoms. The molecule has 176 valence electrons. The molecule has 3 aromatic rings. The van der Waals surface area contributed by atoms with Gasteiger partial charge in [0.1, 0.15) is 16.7 Å². The summed E-state index contributed by atoms with van der Waals surface area (Å²) in [6.45, 7) is 0. The van der Waals surface area contributed by atoms with Crippen LogP contribution in [0.4, 0.5) is 11.4 Å². The molecule has 1 atom stereocenters. The number of nitrogens with one attached hydrogen (secondary N) is 1. The van der Waals surface area contributed by atoms with Crippen LogP contribution in [0.3, 0.4) is 0 Å². The van der Waals surface area contributed by atoms with Crippen molar-refractivity contribution in [1.29, 1.82) is 5.26 Å². The molecule has 1 aliphatic rings. The zero-order valence-corrected chi connectivity index (χ0v) is 21.6. The van der Waals surface area contributed by atoms with Crippen molar-refractivity contribution >= 4 is 81.4 Å². The maximum Gasteiger partial charge on any atom is 0.269 e. The molecule has 1 aliphatic heterocycles. The highest BCUT2D eigenvalue weighted by Crippen LogP contribution is 2.43. The van der Waals surface area contributed by atoms with Crippen molar-refractivity contribution in [3.05, 3.63) is 103 Å². The zero-order chi connectivity index (χ0) is 25.1. The van der Waals surface area contributed by atoms with Crippen LogP contribution in [0.2, 0.25) is 20.1 Å². The van der Waals surface area contributed by atoms with Crippen LogP contribution in [0.15, 0.2) is 77.3 Å². The Bertz CT molecular complexity index is 1390. The lowest BCUT2D eigenvalue weighted by atomic mass is 10.1. The number of halogens is 4. The number of nitrogens with zero attached hydrogens (tertiary/aromatic N) is 2. The van der Waals surface area contributed by atoms with E-state index < -0.39 is 11.2 Å². The van der Waals surface area contributed by atoms with Gasteiger partial charge in [-0.25, -0.2) is 0 Å². The summed E-state index contributed by atoms with van der Waals surface area (Å²) in [4.78, 5) is 28.1. The molecule has 3 aromatic carbocycles. The first-order valence-electron chi connectivity index (χ1n) is 10.2. The number of nitriles is 1. The first-order valence-corrected chi connectivity index (χ1v) is 12.6. The normalized spacial score (nSPS) is 16.7. The van der Waals surface area contributed by atoms with Crippen LogP contribution in [0.25, 0.3) is 0 Å². The number of rotatable bonds is 5. The number of thioether (sulfide) groups is 1. The molecule has 35 heavy (non-hydrogen) atoms. The summed E-state index contributed by atoms with van der Waals surface area (Å²) in [6.07, 6.45) is 0.263. The lowest BCUT2D eigenvalue weighted by molar-refractivity contribution is -0.117. The quantitative estimate of drug-likeness (QED) is 0.260. The topological polar surface area (TPSA) is 73.2 Å². The monoisotopic (exact) mass is 561 g/mol. The number of para-hydroxylation sites is 1. The molecule has 1 fully saturated rings. The second kappa shape index (κ2) is 10.9. The molecule has 0 aromatic heterocycles. The molecule has 4 rings (SSSR count). The summed E-state index contributed by atoms with van der Waals surface area (Å²) in [5.74, 6) is -0.980. The fourth-order valence-electron chi connectivity index (χ4n) is 3.48. The summed E-state index contributed by atoms with van der Waals surface area (Å²) < 4.78 is 0. The third-order valence-electron chi connectivity index (χ3n) is 5.14. The summed E-state index contributed by atoms with van der Waals surface area (Å²) in [5.41, 5.74) is 1.29. The van der Waals surface area contributed by atoms with Gasteiger partial charge >= 0.3 is 0 Å². The second-order valence-electron chi connectivity index (χ2n) is 7.40. The average molecular weight is 563 g/mol. The molecule has 0 aliphatic carbocycles. The van der Waals surface area contributed by atoms with Gasteiger partial charge in [-0.05, 0) is 48.4 Å². The molecule has 1 unspecified atom stereocenters. The molecular weight excluding hydrogens is 548 g/mol. The minimum atomic E-state index is -0.700. The van der Waals surface area contributed by atoms with E-state index in [4.69, 9.17) is 46.4 Å². The van der Waals surface area contributed by atoms with Gasteiger partial charge in [-0.1, -0.05) is 88.5 Å². The summed E-state index contributed by atoms with van der Waals surface area (Å²) in [5, 5.41) is 13.5. The van der Waals surface area contributed by atoms with Crippen molar-refractivity contribution in [2.24, 2.45) is 0 Å². The molecule has 10 heteroatoms. The highest BCUT2D eigenvalue weighted by Gasteiger charge is 2.41. The highest BCUT2D eigenvalue weighted by atomic mass is 35.5. The predicted molar refractivity (Wildman–Crippen MR) is 143 cm³/mol. The Labute approximate surface area is 226 Å². The minimum absolute atomic E-state index is 0.217. The minimum Gasteiger partial charge on any atom is -0.320 e. The number of carbonyl (C=O) groups excluding carboxylic acids is 2. The van der Waals surface area contributed by atoms with Gasteiger partial charge in [-0.3, -0.25) is 14.5 Å². The third kappa shape index (κ3) is 5.45. The molecule has 0 saturated carbocycles. The number of amides is 2. The second-order valence-corrected chi connectivity index (χ2v) is 10.2. The van der Waals surface area contributed by atoms with Crippen molar-refractivity contribution in [1.82, 2.24) is 0 Å². The van der Waals surface area contributed by atoms with Crippen molar-refractivity contribution in [3.63, 3.8) is 0 Å². The van der Waals surface area contributed by atoms with Gasteiger partial charge in [-0.2, -0.15) is 5.26 Å². The van der Waals surface area contributed by atoms with Crippen LogP contribution < -0.4 is 10.2 Å². The number of anilines is 2. The van der Waals surface area contributed by atoms with E-state index >= 15 is 0 Å². The Balaban J connectivity index is 1.74. The fraction of sp³-hybridized carbons (Fsp3) is 0.0800. The van der Waals surface area contributed by atoms with Crippen molar-refractivity contribution < 1.29 is 9.59 Å². The van der Waals surface area contributed by atoms with Gasteiger partial charge in [0.15, 0.2) is 0 Å². The van der Waals surface area contributed by atoms with Gasteiger partial charge in [0, 0.05) is 10.7 Å². The Morgan fingerprint density at radius 2 is 1.74 bits per heavy atom. The number of hydrogen-bond acceptors (Lipinski definition) is 4. The van der Waals surface area contributed by atoms with Crippen LogP contribution >= 0.6 is 58.2 Å². The van der Waals surface area contributed by atoms with Crippen molar-refractivity contribution in [3.8, 4) is 6.07 Å². The van der Waals surface area contributed by atoms with Crippen LogP contribution in [0.1, 0.15) is 5.56 Å². The molecule has 1 heterocycles. The largest absolute Gasteiger partial charge is 0.320 e. The Morgan fingerprint density at radius 3 is 2.43 bits per heavy atom. The lowest BCUT2D eigenvalue weighted by Gasteiger charge is -2.18. The SMILES string of the molecule is N#C/C(C(=O)Nc1ccc(Cl)cc1Cl)=C1/SC(Cc2cccc(Cl)c2Cl)C(=O)N1c1ccccc1. The summed E-state index contributed by atoms with van der Waals surface area (Å²) in [7, 11) is 0. The zero-order valence-electron chi connectivity index (χ0n) is 17.8. The Kier molecular flexibility index (Phi) is 7.95. The van der Waals surface area contributed by atoms with Crippen LogP contribution in [-0.2, 0) is 16.0 Å². The fourth-order valence-corrected chi connectivity index (χ4v) is 5.63.